The molecule has 1 aliphatic rings. The Bertz CT molecular complexity index is 557. The number of rotatable bonds is 21. The van der Waals surface area contributed by atoms with Crippen molar-refractivity contribution in [1.29, 1.82) is 0 Å². The summed E-state index contributed by atoms with van der Waals surface area (Å²) in [7, 11) is -4.72. The Labute approximate surface area is 201 Å². The maximum absolute atomic E-state index is 11.0. The molecule has 4 atom stereocenters. The van der Waals surface area contributed by atoms with Gasteiger partial charge in [-0.3, -0.25) is 4.55 Å². The van der Waals surface area contributed by atoms with Crippen LogP contribution in [0.5, 0.6) is 0 Å². The molecule has 9 heteroatoms. The smallest absolute Gasteiger partial charge is 0.394 e. The Morgan fingerprint density at radius 1 is 0.818 bits per heavy atom. The first kappa shape index (κ1) is 30.7. The van der Waals surface area contributed by atoms with Gasteiger partial charge in [0.05, 0.1) is 6.61 Å². The summed E-state index contributed by atoms with van der Waals surface area (Å²) in [6.07, 6.45) is 16.2. The number of aliphatic hydroxyl groups is 2. The van der Waals surface area contributed by atoms with E-state index < -0.39 is 41.6 Å². The lowest BCUT2D eigenvalue weighted by atomic mass is 10.0. The zero-order valence-corrected chi connectivity index (χ0v) is 21.4. The normalized spacial score (nSPS) is 23.8. The van der Waals surface area contributed by atoms with Crippen LogP contribution in [0.4, 0.5) is 0 Å². The lowest BCUT2D eigenvalue weighted by molar-refractivity contribution is -0.253. The summed E-state index contributed by atoms with van der Waals surface area (Å²) in [5.74, 6) is 0. The zero-order chi connectivity index (χ0) is 24.4. The van der Waals surface area contributed by atoms with E-state index in [1.807, 2.05) is 0 Å². The molecule has 0 spiro atoms. The molecular weight excluding hydrogens is 448 g/mol. The van der Waals surface area contributed by atoms with Crippen molar-refractivity contribution in [2.75, 3.05) is 13.2 Å². The van der Waals surface area contributed by atoms with Crippen molar-refractivity contribution >= 4 is 10.4 Å². The summed E-state index contributed by atoms with van der Waals surface area (Å²) < 4.78 is 46.3. The summed E-state index contributed by atoms with van der Waals surface area (Å²) in [5.41, 5.74) is 0. The minimum atomic E-state index is -4.72. The van der Waals surface area contributed by atoms with Crippen LogP contribution >= 0.6 is 0 Å². The first-order valence-electron chi connectivity index (χ1n) is 13.1. The van der Waals surface area contributed by atoms with Crippen LogP contribution < -0.4 is 0 Å². The number of hydrogen-bond donors (Lipinski definition) is 3. The highest BCUT2D eigenvalue weighted by Gasteiger charge is 2.40. The highest BCUT2D eigenvalue weighted by Crippen LogP contribution is 2.25. The van der Waals surface area contributed by atoms with E-state index in [4.69, 9.17) is 14.0 Å². The largest absolute Gasteiger partial charge is 0.397 e. The Morgan fingerprint density at radius 3 is 1.70 bits per heavy atom. The Balaban J connectivity index is 1.96. The standard InChI is InChI=1S/C24H48O8S/c1-2-3-4-5-6-7-8-9-10-11-12-13-14-15-16-17-18-30-23-19-21(32-33(27,28)29)24(26)22(20-25)31-23/h21-26H,2-20H2,1H3,(H,27,28,29). The Kier molecular flexibility index (Phi) is 17.7. The molecule has 0 aromatic carbocycles. The van der Waals surface area contributed by atoms with Gasteiger partial charge in [-0.05, 0) is 6.42 Å². The van der Waals surface area contributed by atoms with Crippen molar-refractivity contribution < 1.29 is 36.8 Å². The fourth-order valence-electron chi connectivity index (χ4n) is 4.28. The van der Waals surface area contributed by atoms with Crippen molar-refractivity contribution in [2.24, 2.45) is 0 Å². The maximum Gasteiger partial charge on any atom is 0.397 e. The lowest BCUT2D eigenvalue weighted by Crippen LogP contribution is -2.52. The molecule has 33 heavy (non-hydrogen) atoms. The third-order valence-corrected chi connectivity index (χ3v) is 6.73. The van der Waals surface area contributed by atoms with Gasteiger partial charge in [-0.1, -0.05) is 103 Å². The summed E-state index contributed by atoms with van der Waals surface area (Å²) >= 11 is 0. The van der Waals surface area contributed by atoms with Crippen LogP contribution in [0.3, 0.4) is 0 Å². The van der Waals surface area contributed by atoms with E-state index in [0.29, 0.717) is 6.61 Å². The third kappa shape index (κ3) is 16.1. The average molecular weight is 497 g/mol. The second-order valence-corrected chi connectivity index (χ2v) is 10.3. The van der Waals surface area contributed by atoms with E-state index in [0.717, 1.165) is 19.3 Å². The second kappa shape index (κ2) is 19.0. The maximum atomic E-state index is 11.0. The van der Waals surface area contributed by atoms with Crippen molar-refractivity contribution in [3.05, 3.63) is 0 Å². The van der Waals surface area contributed by atoms with Gasteiger partial charge in [-0.25, -0.2) is 4.18 Å². The van der Waals surface area contributed by atoms with Gasteiger partial charge in [-0.15, -0.1) is 0 Å². The number of hydrogen-bond acceptors (Lipinski definition) is 7. The lowest BCUT2D eigenvalue weighted by Gasteiger charge is -2.37. The summed E-state index contributed by atoms with van der Waals surface area (Å²) in [5, 5.41) is 19.3. The molecule has 1 fully saturated rings. The molecule has 0 saturated carbocycles. The molecule has 0 aromatic rings. The molecule has 8 nitrogen and oxygen atoms in total. The molecule has 1 rings (SSSR count). The fourth-order valence-corrected chi connectivity index (χ4v) is 4.78. The second-order valence-electron chi connectivity index (χ2n) is 9.25. The first-order chi connectivity index (χ1) is 15.9. The fraction of sp³-hybridized carbons (Fsp3) is 1.00. The molecule has 0 aliphatic carbocycles. The molecule has 0 radical (unpaired) electrons. The van der Waals surface area contributed by atoms with Gasteiger partial charge in [0, 0.05) is 13.0 Å². The van der Waals surface area contributed by atoms with Crippen molar-refractivity contribution in [1.82, 2.24) is 0 Å². The van der Waals surface area contributed by atoms with Gasteiger partial charge in [0.2, 0.25) is 0 Å². The van der Waals surface area contributed by atoms with Crippen LogP contribution in [0.2, 0.25) is 0 Å². The topological polar surface area (TPSA) is 123 Å². The van der Waals surface area contributed by atoms with Gasteiger partial charge >= 0.3 is 10.4 Å². The van der Waals surface area contributed by atoms with Gasteiger partial charge in [0.1, 0.15) is 18.3 Å². The predicted octanol–water partition coefficient (Wildman–Crippen LogP) is 4.92. The van der Waals surface area contributed by atoms with E-state index >= 15 is 0 Å². The molecule has 1 heterocycles. The van der Waals surface area contributed by atoms with E-state index in [-0.39, 0.29) is 6.42 Å². The summed E-state index contributed by atoms with van der Waals surface area (Å²) in [6.45, 7) is 2.19. The van der Waals surface area contributed by atoms with Crippen LogP contribution in [0.1, 0.15) is 116 Å². The predicted molar refractivity (Wildman–Crippen MR) is 128 cm³/mol. The summed E-state index contributed by atoms with van der Waals surface area (Å²) in [4.78, 5) is 0. The van der Waals surface area contributed by atoms with Crippen LogP contribution in [-0.2, 0) is 24.1 Å². The molecule has 0 aromatic heterocycles. The van der Waals surface area contributed by atoms with Crippen molar-refractivity contribution in [2.45, 2.75) is 141 Å². The van der Waals surface area contributed by atoms with Gasteiger partial charge < -0.3 is 19.7 Å². The molecular formula is C24H48O8S. The molecule has 3 N–H and O–H groups in total. The van der Waals surface area contributed by atoms with E-state index in [2.05, 4.69) is 11.1 Å². The Morgan fingerprint density at radius 2 is 1.27 bits per heavy atom. The number of aliphatic hydroxyl groups excluding tert-OH is 2. The number of unbranched alkanes of at least 4 members (excludes halogenated alkanes) is 15. The first-order valence-corrected chi connectivity index (χ1v) is 14.5. The van der Waals surface area contributed by atoms with Gasteiger partial charge in [-0.2, -0.15) is 8.42 Å². The quantitative estimate of drug-likeness (QED) is 0.151. The molecule has 198 valence electrons. The van der Waals surface area contributed by atoms with Gasteiger partial charge in [0.25, 0.3) is 0 Å². The molecule has 0 bridgehead atoms. The van der Waals surface area contributed by atoms with E-state index in [9.17, 15) is 18.6 Å². The van der Waals surface area contributed by atoms with Crippen molar-refractivity contribution in [3.8, 4) is 0 Å². The highest BCUT2D eigenvalue weighted by molar-refractivity contribution is 7.80. The molecule has 1 aliphatic heterocycles. The van der Waals surface area contributed by atoms with E-state index in [1.165, 1.54) is 83.5 Å². The SMILES string of the molecule is CCCCCCCCCCCCCCCCCCOC1CC(OS(=O)(=O)O)C(O)C(CO)O1. The molecule has 4 unspecified atom stereocenters. The molecule has 0 amide bonds. The van der Waals surface area contributed by atoms with Crippen LogP contribution in [0.25, 0.3) is 0 Å². The zero-order valence-electron chi connectivity index (χ0n) is 20.5. The minimum absolute atomic E-state index is 0.0453. The molecule has 1 saturated heterocycles. The van der Waals surface area contributed by atoms with Crippen LogP contribution in [-0.4, -0.2) is 61.0 Å². The van der Waals surface area contributed by atoms with Crippen LogP contribution in [0, 0.1) is 0 Å². The van der Waals surface area contributed by atoms with Crippen LogP contribution in [0.15, 0.2) is 0 Å². The third-order valence-electron chi connectivity index (χ3n) is 6.24. The summed E-state index contributed by atoms with van der Waals surface area (Å²) in [6, 6.07) is 0. The van der Waals surface area contributed by atoms with E-state index in [1.54, 1.807) is 0 Å². The van der Waals surface area contributed by atoms with Crippen molar-refractivity contribution in [3.63, 3.8) is 0 Å². The minimum Gasteiger partial charge on any atom is -0.394 e. The van der Waals surface area contributed by atoms with Gasteiger partial charge in [0.15, 0.2) is 6.29 Å². The monoisotopic (exact) mass is 496 g/mol. The highest BCUT2D eigenvalue weighted by atomic mass is 32.3. The number of ether oxygens (including phenoxy) is 2. The average Bonchev–Trinajstić information content (AvgIpc) is 2.76. The Hall–Kier alpha value is -0.290.